The van der Waals surface area contributed by atoms with E-state index in [1.165, 1.54) is 11.8 Å². The molecule has 1 amide bonds. The number of nitrogens with one attached hydrogen (secondary N) is 1. The Balaban J connectivity index is 2.30. The SMILES string of the molecule is Cc1cc(C=C2SC(=S)NC2=O)oc1C. The van der Waals surface area contributed by atoms with Crippen molar-refractivity contribution in [3.63, 3.8) is 0 Å². The van der Waals surface area contributed by atoms with Gasteiger partial charge in [-0.1, -0.05) is 24.0 Å². The topological polar surface area (TPSA) is 42.2 Å². The number of carbonyl (C=O) groups is 1. The van der Waals surface area contributed by atoms with Gasteiger partial charge in [-0.3, -0.25) is 4.79 Å². The molecule has 1 fully saturated rings. The van der Waals surface area contributed by atoms with Gasteiger partial charge in [0.15, 0.2) is 0 Å². The molecule has 1 aliphatic heterocycles. The first kappa shape index (κ1) is 10.4. The van der Waals surface area contributed by atoms with E-state index in [1.807, 2.05) is 19.9 Å². The average molecular weight is 239 g/mol. The Morgan fingerprint density at radius 3 is 2.73 bits per heavy atom. The Labute approximate surface area is 96.9 Å². The van der Waals surface area contributed by atoms with Crippen molar-refractivity contribution in [1.82, 2.24) is 5.32 Å². The Bertz CT molecular complexity index is 454. The molecule has 0 atom stereocenters. The molecule has 0 aliphatic carbocycles. The standard InChI is InChI=1S/C10H9NO2S2/c1-5-3-7(13-6(5)2)4-8-9(12)11-10(14)15-8/h3-4H,1-2H3,(H,11,12,14). The zero-order valence-corrected chi connectivity index (χ0v) is 9.92. The first-order chi connectivity index (χ1) is 7.06. The lowest BCUT2D eigenvalue weighted by molar-refractivity contribution is -0.115. The molecule has 1 aromatic rings. The molecule has 3 nitrogen and oxygen atoms in total. The maximum atomic E-state index is 11.4. The molecule has 2 heterocycles. The highest BCUT2D eigenvalue weighted by atomic mass is 32.2. The highest BCUT2D eigenvalue weighted by Crippen LogP contribution is 2.27. The molecule has 1 N–H and O–H groups in total. The number of rotatable bonds is 1. The zero-order valence-electron chi connectivity index (χ0n) is 8.29. The van der Waals surface area contributed by atoms with Gasteiger partial charge in [0, 0.05) is 6.08 Å². The monoisotopic (exact) mass is 239 g/mol. The van der Waals surface area contributed by atoms with Gasteiger partial charge in [-0.25, -0.2) is 0 Å². The van der Waals surface area contributed by atoms with Crippen LogP contribution in [0.3, 0.4) is 0 Å². The lowest BCUT2D eigenvalue weighted by Gasteiger charge is -1.88. The normalized spacial score (nSPS) is 18.7. The number of thioether (sulfide) groups is 1. The van der Waals surface area contributed by atoms with Gasteiger partial charge in [0.05, 0.1) is 4.91 Å². The Kier molecular flexibility index (Phi) is 2.67. The lowest BCUT2D eigenvalue weighted by atomic mass is 10.3. The van der Waals surface area contributed by atoms with Crippen molar-refractivity contribution in [3.8, 4) is 0 Å². The number of hydrogen-bond acceptors (Lipinski definition) is 4. The number of carbonyl (C=O) groups excluding carboxylic acids is 1. The van der Waals surface area contributed by atoms with Crippen molar-refractivity contribution >= 4 is 40.3 Å². The second-order valence-electron chi connectivity index (χ2n) is 3.24. The van der Waals surface area contributed by atoms with E-state index in [1.54, 1.807) is 6.08 Å². The van der Waals surface area contributed by atoms with E-state index in [0.717, 1.165) is 11.3 Å². The number of thiocarbonyl (C=S) groups is 1. The Morgan fingerprint density at radius 1 is 1.53 bits per heavy atom. The van der Waals surface area contributed by atoms with E-state index < -0.39 is 0 Å². The minimum absolute atomic E-state index is 0.156. The summed E-state index contributed by atoms with van der Waals surface area (Å²) in [4.78, 5) is 11.9. The average Bonchev–Trinajstić information content (AvgIpc) is 2.59. The lowest BCUT2D eigenvalue weighted by Crippen LogP contribution is -2.17. The summed E-state index contributed by atoms with van der Waals surface area (Å²) in [5, 5.41) is 2.55. The van der Waals surface area contributed by atoms with E-state index in [4.69, 9.17) is 16.6 Å². The van der Waals surface area contributed by atoms with Crippen LogP contribution in [-0.2, 0) is 4.79 Å². The van der Waals surface area contributed by atoms with Crippen LogP contribution in [0.4, 0.5) is 0 Å². The molecular weight excluding hydrogens is 230 g/mol. The van der Waals surface area contributed by atoms with E-state index >= 15 is 0 Å². The van der Waals surface area contributed by atoms with Crippen molar-refractivity contribution in [3.05, 3.63) is 28.1 Å². The van der Waals surface area contributed by atoms with Crippen molar-refractivity contribution in [1.29, 1.82) is 0 Å². The van der Waals surface area contributed by atoms with Crippen LogP contribution in [0, 0.1) is 13.8 Å². The third-order valence-corrected chi connectivity index (χ3v) is 3.26. The van der Waals surface area contributed by atoms with Crippen LogP contribution >= 0.6 is 24.0 Å². The summed E-state index contributed by atoms with van der Waals surface area (Å²) in [5.74, 6) is 1.40. The summed E-state index contributed by atoms with van der Waals surface area (Å²) in [6.07, 6.45) is 1.71. The summed E-state index contributed by atoms with van der Waals surface area (Å²) in [7, 11) is 0. The molecule has 2 rings (SSSR count). The Morgan fingerprint density at radius 2 is 2.27 bits per heavy atom. The van der Waals surface area contributed by atoms with Gasteiger partial charge in [-0.05, 0) is 25.5 Å². The van der Waals surface area contributed by atoms with E-state index in [9.17, 15) is 4.79 Å². The second kappa shape index (κ2) is 3.83. The molecule has 0 saturated carbocycles. The fourth-order valence-corrected chi connectivity index (χ4v) is 2.25. The van der Waals surface area contributed by atoms with Gasteiger partial charge in [0.25, 0.3) is 5.91 Å². The predicted molar refractivity (Wildman–Crippen MR) is 64.5 cm³/mol. The molecule has 0 spiro atoms. The first-order valence-corrected chi connectivity index (χ1v) is 5.60. The fraction of sp³-hybridized carbons (Fsp3) is 0.200. The molecule has 0 aromatic carbocycles. The van der Waals surface area contributed by atoms with E-state index in [0.29, 0.717) is 15.0 Å². The molecule has 5 heteroatoms. The largest absolute Gasteiger partial charge is 0.462 e. The molecule has 0 bridgehead atoms. The molecule has 1 aromatic heterocycles. The summed E-state index contributed by atoms with van der Waals surface area (Å²) >= 11 is 6.14. The van der Waals surface area contributed by atoms with Crippen LogP contribution in [0.5, 0.6) is 0 Å². The number of hydrogen-bond donors (Lipinski definition) is 1. The van der Waals surface area contributed by atoms with Crippen LogP contribution in [0.1, 0.15) is 17.1 Å². The van der Waals surface area contributed by atoms with E-state index in [2.05, 4.69) is 5.32 Å². The van der Waals surface area contributed by atoms with Crippen LogP contribution in [-0.4, -0.2) is 10.2 Å². The minimum atomic E-state index is -0.156. The summed E-state index contributed by atoms with van der Waals surface area (Å²) < 4.78 is 5.94. The van der Waals surface area contributed by atoms with Gasteiger partial charge < -0.3 is 9.73 Å². The van der Waals surface area contributed by atoms with Gasteiger partial charge in [-0.2, -0.15) is 0 Å². The van der Waals surface area contributed by atoms with Crippen molar-refractivity contribution in [2.45, 2.75) is 13.8 Å². The van der Waals surface area contributed by atoms with Gasteiger partial charge in [-0.15, -0.1) is 0 Å². The minimum Gasteiger partial charge on any atom is -0.462 e. The molecule has 1 aliphatic rings. The number of aryl methyl sites for hydroxylation is 2. The summed E-state index contributed by atoms with van der Waals surface area (Å²) in [5.41, 5.74) is 1.08. The number of amides is 1. The molecule has 15 heavy (non-hydrogen) atoms. The first-order valence-electron chi connectivity index (χ1n) is 4.38. The molecule has 0 unspecified atom stereocenters. The third kappa shape index (κ3) is 2.13. The quantitative estimate of drug-likeness (QED) is 0.603. The van der Waals surface area contributed by atoms with Crippen molar-refractivity contribution in [2.75, 3.05) is 0 Å². The highest BCUT2D eigenvalue weighted by molar-refractivity contribution is 8.26. The molecule has 78 valence electrons. The van der Waals surface area contributed by atoms with Crippen molar-refractivity contribution in [2.24, 2.45) is 0 Å². The fourth-order valence-electron chi connectivity index (χ4n) is 1.22. The van der Waals surface area contributed by atoms with E-state index in [-0.39, 0.29) is 5.91 Å². The Hall–Kier alpha value is -1.07. The van der Waals surface area contributed by atoms with Gasteiger partial charge in [0.1, 0.15) is 15.8 Å². The maximum absolute atomic E-state index is 11.4. The highest BCUT2D eigenvalue weighted by Gasteiger charge is 2.22. The molecule has 1 saturated heterocycles. The number of furan rings is 1. The summed E-state index contributed by atoms with van der Waals surface area (Å²) in [6, 6.07) is 1.90. The maximum Gasteiger partial charge on any atom is 0.263 e. The molecular formula is C10H9NO2S2. The molecule has 0 radical (unpaired) electrons. The summed E-state index contributed by atoms with van der Waals surface area (Å²) in [6.45, 7) is 3.86. The van der Waals surface area contributed by atoms with Gasteiger partial charge in [0.2, 0.25) is 0 Å². The predicted octanol–water partition coefficient (Wildman–Crippen LogP) is 2.39. The van der Waals surface area contributed by atoms with Crippen LogP contribution in [0.15, 0.2) is 15.4 Å². The third-order valence-electron chi connectivity index (χ3n) is 2.10. The van der Waals surface area contributed by atoms with Crippen LogP contribution < -0.4 is 5.32 Å². The zero-order chi connectivity index (χ0) is 11.0. The van der Waals surface area contributed by atoms with Crippen LogP contribution in [0.25, 0.3) is 6.08 Å². The van der Waals surface area contributed by atoms with Crippen LogP contribution in [0.2, 0.25) is 0 Å². The second-order valence-corrected chi connectivity index (χ2v) is 4.96. The van der Waals surface area contributed by atoms with Gasteiger partial charge >= 0.3 is 0 Å². The van der Waals surface area contributed by atoms with Crippen molar-refractivity contribution < 1.29 is 9.21 Å². The smallest absolute Gasteiger partial charge is 0.263 e.